The largest absolute Gasteiger partial charge is 0.491 e. The summed E-state index contributed by atoms with van der Waals surface area (Å²) in [5.41, 5.74) is 3.04. The van der Waals surface area contributed by atoms with Crippen molar-refractivity contribution in [2.75, 3.05) is 13.2 Å². The zero-order valence-corrected chi connectivity index (χ0v) is 15.1. The van der Waals surface area contributed by atoms with E-state index in [1.807, 2.05) is 54.6 Å². The van der Waals surface area contributed by atoms with Crippen LogP contribution in [0.25, 0.3) is 11.1 Å². The van der Waals surface area contributed by atoms with E-state index < -0.39 is 0 Å². The average Bonchev–Trinajstić information content (AvgIpc) is 2.66. The maximum Gasteiger partial charge on any atom is 0.224 e. The Kier molecular flexibility index (Phi) is 6.29. The van der Waals surface area contributed by atoms with Crippen LogP contribution in [0.4, 0.5) is 0 Å². The third-order valence-corrected chi connectivity index (χ3v) is 4.14. The van der Waals surface area contributed by atoms with Crippen molar-refractivity contribution in [3.8, 4) is 16.9 Å². The number of benzene rings is 3. The smallest absolute Gasteiger partial charge is 0.224 e. The second kappa shape index (κ2) is 9.07. The van der Waals surface area contributed by atoms with Crippen molar-refractivity contribution in [1.82, 2.24) is 5.32 Å². The summed E-state index contributed by atoms with van der Waals surface area (Å²) in [6.45, 7) is 0.855. The van der Waals surface area contributed by atoms with Crippen molar-refractivity contribution in [2.24, 2.45) is 0 Å². The minimum absolute atomic E-state index is 0.0489. The molecule has 0 saturated heterocycles. The van der Waals surface area contributed by atoms with Gasteiger partial charge in [-0.05, 0) is 29.3 Å². The minimum atomic E-state index is -0.0489. The molecule has 3 rings (SSSR count). The number of para-hydroxylation sites is 1. The summed E-state index contributed by atoms with van der Waals surface area (Å²) in [7, 11) is 0. The molecule has 0 aliphatic heterocycles. The van der Waals surface area contributed by atoms with Crippen LogP contribution < -0.4 is 10.1 Å². The van der Waals surface area contributed by atoms with Gasteiger partial charge in [0.2, 0.25) is 5.91 Å². The monoisotopic (exact) mass is 365 g/mol. The third kappa shape index (κ3) is 5.11. The molecular formula is C22H20ClNO2. The van der Waals surface area contributed by atoms with E-state index in [9.17, 15) is 4.79 Å². The Morgan fingerprint density at radius 1 is 0.923 bits per heavy atom. The molecule has 0 aliphatic carbocycles. The Morgan fingerprint density at radius 2 is 1.69 bits per heavy atom. The normalized spacial score (nSPS) is 10.3. The van der Waals surface area contributed by atoms with Gasteiger partial charge in [0.15, 0.2) is 0 Å². The summed E-state index contributed by atoms with van der Waals surface area (Å²) in [4.78, 5) is 12.0. The molecule has 1 amide bonds. The van der Waals surface area contributed by atoms with E-state index in [2.05, 4.69) is 17.4 Å². The number of ether oxygens (including phenoxy) is 1. The second-order valence-electron chi connectivity index (χ2n) is 5.87. The number of carbonyl (C=O) groups excluding carboxylic acids is 1. The molecule has 0 unspecified atom stereocenters. The molecule has 0 fully saturated rings. The van der Waals surface area contributed by atoms with E-state index >= 15 is 0 Å². The number of nitrogens with one attached hydrogen (secondary N) is 1. The maximum absolute atomic E-state index is 12.0. The lowest BCUT2D eigenvalue weighted by Gasteiger charge is -2.12. The molecule has 1 N–H and O–H groups in total. The van der Waals surface area contributed by atoms with Crippen LogP contribution in [0.2, 0.25) is 5.02 Å². The predicted octanol–water partition coefficient (Wildman–Crippen LogP) is 4.74. The van der Waals surface area contributed by atoms with Crippen LogP contribution in [-0.2, 0) is 11.2 Å². The van der Waals surface area contributed by atoms with Crippen molar-refractivity contribution in [3.63, 3.8) is 0 Å². The van der Waals surface area contributed by atoms with Gasteiger partial charge in [-0.2, -0.15) is 0 Å². The lowest BCUT2D eigenvalue weighted by atomic mass is 10.1. The second-order valence-corrected chi connectivity index (χ2v) is 6.30. The highest BCUT2D eigenvalue weighted by molar-refractivity contribution is 6.30. The topological polar surface area (TPSA) is 38.3 Å². The van der Waals surface area contributed by atoms with Crippen LogP contribution in [-0.4, -0.2) is 19.1 Å². The average molecular weight is 366 g/mol. The molecule has 0 saturated carbocycles. The van der Waals surface area contributed by atoms with Crippen LogP contribution in [0.3, 0.4) is 0 Å². The lowest BCUT2D eigenvalue weighted by Crippen LogP contribution is -2.29. The molecule has 0 radical (unpaired) electrons. The molecule has 132 valence electrons. The fraction of sp³-hybridized carbons (Fsp3) is 0.136. The first-order valence-corrected chi connectivity index (χ1v) is 8.88. The van der Waals surface area contributed by atoms with Crippen molar-refractivity contribution < 1.29 is 9.53 Å². The predicted molar refractivity (Wildman–Crippen MR) is 106 cm³/mol. The summed E-state index contributed by atoms with van der Waals surface area (Å²) in [5, 5.41) is 3.51. The molecule has 26 heavy (non-hydrogen) atoms. The van der Waals surface area contributed by atoms with Crippen molar-refractivity contribution in [2.45, 2.75) is 6.42 Å². The molecule has 3 aromatic rings. The van der Waals surface area contributed by atoms with Crippen molar-refractivity contribution in [1.29, 1.82) is 0 Å². The number of hydrogen-bond acceptors (Lipinski definition) is 2. The fourth-order valence-corrected chi connectivity index (χ4v) is 2.91. The van der Waals surface area contributed by atoms with E-state index in [4.69, 9.17) is 16.3 Å². The van der Waals surface area contributed by atoms with Gasteiger partial charge < -0.3 is 10.1 Å². The van der Waals surface area contributed by atoms with Gasteiger partial charge in [0.05, 0.1) is 13.0 Å². The Balaban J connectivity index is 1.50. The van der Waals surface area contributed by atoms with Crippen molar-refractivity contribution in [3.05, 3.63) is 89.4 Å². The van der Waals surface area contributed by atoms with Gasteiger partial charge in [0.25, 0.3) is 0 Å². The minimum Gasteiger partial charge on any atom is -0.491 e. The summed E-state index contributed by atoms with van der Waals surface area (Å²) in [5.74, 6) is 0.759. The standard InChI is InChI=1S/C22H20ClNO2/c23-19-10-6-7-17(15-19)16-22(25)24-13-14-26-21-12-5-4-11-20(21)18-8-2-1-3-9-18/h1-12,15H,13-14,16H2,(H,24,25). The summed E-state index contributed by atoms with van der Waals surface area (Å²) >= 11 is 5.94. The van der Waals surface area contributed by atoms with E-state index in [1.165, 1.54) is 0 Å². The third-order valence-electron chi connectivity index (χ3n) is 3.91. The molecule has 0 heterocycles. The highest BCUT2D eigenvalue weighted by Crippen LogP contribution is 2.29. The highest BCUT2D eigenvalue weighted by Gasteiger charge is 2.06. The SMILES string of the molecule is O=C(Cc1cccc(Cl)c1)NCCOc1ccccc1-c1ccccc1. The Labute approximate surface area is 158 Å². The zero-order chi connectivity index (χ0) is 18.2. The Hall–Kier alpha value is -2.78. The van der Waals surface area contributed by atoms with Crippen LogP contribution in [0.1, 0.15) is 5.56 Å². The first-order valence-electron chi connectivity index (χ1n) is 8.51. The van der Waals surface area contributed by atoms with Gasteiger partial charge in [0, 0.05) is 10.6 Å². The molecule has 0 bridgehead atoms. The molecular weight excluding hydrogens is 346 g/mol. The number of carbonyl (C=O) groups is 1. The number of halogens is 1. The first kappa shape index (κ1) is 18.0. The van der Waals surface area contributed by atoms with E-state index in [1.54, 1.807) is 12.1 Å². The first-order chi connectivity index (χ1) is 12.7. The van der Waals surface area contributed by atoms with Crippen LogP contribution in [0.15, 0.2) is 78.9 Å². The number of hydrogen-bond donors (Lipinski definition) is 1. The van der Waals surface area contributed by atoms with Crippen LogP contribution in [0.5, 0.6) is 5.75 Å². The molecule has 0 aromatic heterocycles. The molecule has 0 atom stereocenters. The van der Waals surface area contributed by atoms with Gasteiger partial charge in [-0.1, -0.05) is 72.3 Å². The fourth-order valence-electron chi connectivity index (χ4n) is 2.69. The van der Waals surface area contributed by atoms with Gasteiger partial charge in [0.1, 0.15) is 12.4 Å². The molecule has 3 nitrogen and oxygen atoms in total. The van der Waals surface area contributed by atoms with E-state index in [0.29, 0.717) is 24.6 Å². The van der Waals surface area contributed by atoms with Crippen LogP contribution >= 0.6 is 11.6 Å². The Morgan fingerprint density at radius 3 is 2.50 bits per heavy atom. The van der Waals surface area contributed by atoms with Gasteiger partial charge >= 0.3 is 0 Å². The molecule has 4 heteroatoms. The summed E-state index contributed by atoms with van der Waals surface area (Å²) in [6, 6.07) is 25.3. The summed E-state index contributed by atoms with van der Waals surface area (Å²) < 4.78 is 5.88. The van der Waals surface area contributed by atoms with Gasteiger partial charge in [-0.15, -0.1) is 0 Å². The van der Waals surface area contributed by atoms with E-state index in [0.717, 1.165) is 22.4 Å². The molecule has 0 aliphatic rings. The van der Waals surface area contributed by atoms with E-state index in [-0.39, 0.29) is 5.91 Å². The summed E-state index contributed by atoms with van der Waals surface area (Å²) in [6.07, 6.45) is 0.307. The molecule has 3 aromatic carbocycles. The molecule has 0 spiro atoms. The quantitative estimate of drug-likeness (QED) is 0.614. The zero-order valence-electron chi connectivity index (χ0n) is 14.3. The highest BCUT2D eigenvalue weighted by atomic mass is 35.5. The van der Waals surface area contributed by atoms with Gasteiger partial charge in [-0.25, -0.2) is 0 Å². The van der Waals surface area contributed by atoms with Crippen LogP contribution in [0, 0.1) is 0 Å². The maximum atomic E-state index is 12.0. The lowest BCUT2D eigenvalue weighted by molar-refractivity contribution is -0.120. The number of amides is 1. The number of rotatable bonds is 7. The van der Waals surface area contributed by atoms with Crippen molar-refractivity contribution >= 4 is 17.5 Å². The van der Waals surface area contributed by atoms with Gasteiger partial charge in [-0.3, -0.25) is 4.79 Å². The Bertz CT molecular complexity index is 865.